The number of hydrogen-bond acceptors (Lipinski definition) is 3. The third kappa shape index (κ3) is 2.68. The van der Waals surface area contributed by atoms with Gasteiger partial charge >= 0.3 is 0 Å². The van der Waals surface area contributed by atoms with E-state index < -0.39 is 0 Å². The Labute approximate surface area is 89.2 Å². The van der Waals surface area contributed by atoms with Gasteiger partial charge in [0, 0.05) is 19.8 Å². The molecule has 1 rings (SSSR count). The van der Waals surface area contributed by atoms with Crippen LogP contribution in [0.25, 0.3) is 5.57 Å². The average Bonchev–Trinajstić information content (AvgIpc) is 2.26. The second kappa shape index (κ2) is 4.97. The predicted octanol–water partition coefficient (Wildman–Crippen LogP) is 1.86. The molecule has 15 heavy (non-hydrogen) atoms. The van der Waals surface area contributed by atoms with Crippen LogP contribution in [-0.4, -0.2) is 20.4 Å². The third-order valence-electron chi connectivity index (χ3n) is 2.05. The van der Waals surface area contributed by atoms with Gasteiger partial charge in [-0.1, -0.05) is 12.1 Å². The molecule has 0 atom stereocenters. The highest BCUT2D eigenvalue weighted by Crippen LogP contribution is 2.17. The standard InChI is InChI=1S/C12H12N2O/c1-14(2)12-5-3-10(4-6-12)11(9-13)7-8-15/h3-8H,1-2H3. The van der Waals surface area contributed by atoms with E-state index in [2.05, 4.69) is 0 Å². The second-order valence-corrected chi connectivity index (χ2v) is 3.27. The van der Waals surface area contributed by atoms with Crippen molar-refractivity contribution < 1.29 is 4.79 Å². The van der Waals surface area contributed by atoms with Gasteiger partial charge in [-0.05, 0) is 23.8 Å². The van der Waals surface area contributed by atoms with E-state index in [1.807, 2.05) is 49.3 Å². The van der Waals surface area contributed by atoms with Gasteiger partial charge in [-0.2, -0.15) is 5.26 Å². The van der Waals surface area contributed by atoms with Crippen molar-refractivity contribution in [1.82, 2.24) is 0 Å². The van der Waals surface area contributed by atoms with Crippen molar-refractivity contribution in [2.45, 2.75) is 0 Å². The van der Waals surface area contributed by atoms with Gasteiger partial charge in [-0.15, -0.1) is 0 Å². The van der Waals surface area contributed by atoms with Crippen LogP contribution in [0.2, 0.25) is 0 Å². The summed E-state index contributed by atoms with van der Waals surface area (Å²) in [5.74, 6) is 0. The third-order valence-corrected chi connectivity index (χ3v) is 2.05. The molecular formula is C12H12N2O. The Morgan fingerprint density at radius 1 is 1.33 bits per heavy atom. The number of allylic oxidation sites excluding steroid dienone is 2. The van der Waals surface area contributed by atoms with E-state index >= 15 is 0 Å². The molecule has 0 bridgehead atoms. The summed E-state index contributed by atoms with van der Waals surface area (Å²) in [6, 6.07) is 9.45. The van der Waals surface area contributed by atoms with Crippen LogP contribution in [0.3, 0.4) is 0 Å². The highest BCUT2D eigenvalue weighted by atomic mass is 16.1. The first-order valence-corrected chi connectivity index (χ1v) is 4.52. The van der Waals surface area contributed by atoms with E-state index in [1.165, 1.54) is 6.08 Å². The van der Waals surface area contributed by atoms with E-state index in [0.29, 0.717) is 11.9 Å². The molecule has 0 spiro atoms. The first-order chi connectivity index (χ1) is 7.19. The lowest BCUT2D eigenvalue weighted by atomic mass is 10.1. The highest BCUT2D eigenvalue weighted by molar-refractivity contribution is 5.88. The second-order valence-electron chi connectivity index (χ2n) is 3.27. The predicted molar refractivity (Wildman–Crippen MR) is 60.4 cm³/mol. The first kappa shape index (κ1) is 11.0. The number of anilines is 1. The van der Waals surface area contributed by atoms with Gasteiger partial charge in [0.2, 0.25) is 0 Å². The number of nitrogens with zero attached hydrogens (tertiary/aromatic N) is 2. The Bertz CT molecular complexity index is 410. The summed E-state index contributed by atoms with van der Waals surface area (Å²) in [5.41, 5.74) is 2.20. The lowest BCUT2D eigenvalue weighted by Gasteiger charge is -2.12. The van der Waals surface area contributed by atoms with Gasteiger partial charge in [-0.3, -0.25) is 4.79 Å². The van der Waals surface area contributed by atoms with Crippen LogP contribution in [0.15, 0.2) is 30.3 Å². The van der Waals surface area contributed by atoms with E-state index in [1.54, 1.807) is 0 Å². The molecule has 0 saturated heterocycles. The molecule has 0 aliphatic carbocycles. The number of carbonyl (C=O) groups excluding carboxylic acids is 1. The number of hydrogen-bond donors (Lipinski definition) is 0. The van der Waals surface area contributed by atoms with Crippen LogP contribution in [0, 0.1) is 11.3 Å². The molecule has 0 amide bonds. The van der Waals surface area contributed by atoms with Crippen molar-refractivity contribution in [3.05, 3.63) is 35.9 Å². The fourth-order valence-corrected chi connectivity index (χ4v) is 1.21. The minimum atomic E-state index is 0.385. The molecule has 0 radical (unpaired) electrons. The summed E-state index contributed by atoms with van der Waals surface area (Å²) in [7, 11) is 3.89. The molecule has 0 saturated carbocycles. The Kier molecular flexibility index (Phi) is 3.64. The van der Waals surface area contributed by atoms with Gasteiger partial charge in [0.15, 0.2) is 0 Å². The minimum absolute atomic E-state index is 0.385. The number of benzene rings is 1. The molecule has 0 fully saturated rings. The number of carbonyl (C=O) groups is 1. The van der Waals surface area contributed by atoms with E-state index in [0.717, 1.165) is 11.3 Å². The maximum Gasteiger partial charge on any atom is 0.144 e. The number of nitriles is 1. The van der Waals surface area contributed by atoms with Gasteiger partial charge in [0.25, 0.3) is 0 Å². The first-order valence-electron chi connectivity index (χ1n) is 4.52. The molecule has 76 valence electrons. The van der Waals surface area contributed by atoms with Crippen molar-refractivity contribution in [3.63, 3.8) is 0 Å². The van der Waals surface area contributed by atoms with E-state index in [9.17, 15) is 4.79 Å². The summed E-state index contributed by atoms with van der Waals surface area (Å²) >= 11 is 0. The molecule has 0 aliphatic rings. The Morgan fingerprint density at radius 3 is 2.33 bits per heavy atom. The van der Waals surface area contributed by atoms with Crippen LogP contribution < -0.4 is 4.90 Å². The smallest absolute Gasteiger partial charge is 0.144 e. The Balaban J connectivity index is 3.04. The zero-order valence-electron chi connectivity index (χ0n) is 8.77. The Morgan fingerprint density at radius 2 is 1.93 bits per heavy atom. The molecule has 1 aromatic carbocycles. The molecule has 0 unspecified atom stereocenters. The van der Waals surface area contributed by atoms with Crippen molar-refractivity contribution in [1.29, 1.82) is 5.26 Å². The average molecular weight is 200 g/mol. The lowest BCUT2D eigenvalue weighted by molar-refractivity contribution is -0.104. The van der Waals surface area contributed by atoms with Crippen molar-refractivity contribution >= 4 is 17.5 Å². The molecule has 3 heteroatoms. The van der Waals surface area contributed by atoms with Gasteiger partial charge < -0.3 is 4.90 Å². The van der Waals surface area contributed by atoms with Crippen LogP contribution in [0.5, 0.6) is 0 Å². The quantitative estimate of drug-likeness (QED) is 0.425. The maximum atomic E-state index is 10.3. The largest absolute Gasteiger partial charge is 0.378 e. The highest BCUT2D eigenvalue weighted by Gasteiger charge is 2.00. The molecule has 1 aromatic rings. The van der Waals surface area contributed by atoms with Gasteiger partial charge in [0.1, 0.15) is 6.29 Å². The zero-order valence-corrected chi connectivity index (χ0v) is 8.77. The zero-order chi connectivity index (χ0) is 11.3. The molecule has 0 aliphatic heterocycles. The van der Waals surface area contributed by atoms with Crippen LogP contribution >= 0.6 is 0 Å². The van der Waals surface area contributed by atoms with E-state index in [4.69, 9.17) is 5.26 Å². The molecule has 3 nitrogen and oxygen atoms in total. The Hall–Kier alpha value is -2.08. The van der Waals surface area contributed by atoms with Gasteiger partial charge in [-0.25, -0.2) is 0 Å². The molecule has 0 N–H and O–H groups in total. The van der Waals surface area contributed by atoms with Crippen LogP contribution in [-0.2, 0) is 4.79 Å². The maximum absolute atomic E-state index is 10.3. The summed E-state index contributed by atoms with van der Waals surface area (Å²) in [4.78, 5) is 12.3. The SMILES string of the molecule is CN(C)c1ccc(C(C#N)=CC=O)cc1. The van der Waals surface area contributed by atoms with Crippen LogP contribution in [0.1, 0.15) is 5.56 Å². The van der Waals surface area contributed by atoms with Crippen molar-refractivity contribution in [2.75, 3.05) is 19.0 Å². The van der Waals surface area contributed by atoms with Gasteiger partial charge in [0.05, 0.1) is 11.6 Å². The molecule has 0 aromatic heterocycles. The molecule has 0 heterocycles. The fraction of sp³-hybridized carbons (Fsp3) is 0.167. The van der Waals surface area contributed by atoms with E-state index in [-0.39, 0.29) is 0 Å². The minimum Gasteiger partial charge on any atom is -0.378 e. The lowest BCUT2D eigenvalue weighted by Crippen LogP contribution is -2.08. The number of aldehydes is 1. The fourth-order valence-electron chi connectivity index (χ4n) is 1.21. The summed E-state index contributed by atoms with van der Waals surface area (Å²) in [6.45, 7) is 0. The normalized spacial score (nSPS) is 10.6. The topological polar surface area (TPSA) is 44.1 Å². The summed E-state index contributed by atoms with van der Waals surface area (Å²) < 4.78 is 0. The summed E-state index contributed by atoms with van der Waals surface area (Å²) in [6.07, 6.45) is 1.89. The van der Waals surface area contributed by atoms with Crippen molar-refractivity contribution in [2.24, 2.45) is 0 Å². The monoisotopic (exact) mass is 200 g/mol. The summed E-state index contributed by atoms with van der Waals surface area (Å²) in [5, 5.41) is 8.80. The van der Waals surface area contributed by atoms with Crippen LogP contribution in [0.4, 0.5) is 5.69 Å². The number of rotatable bonds is 3. The molecular weight excluding hydrogens is 188 g/mol. The van der Waals surface area contributed by atoms with Crippen molar-refractivity contribution in [3.8, 4) is 6.07 Å².